The van der Waals surface area contributed by atoms with E-state index in [0.29, 0.717) is 0 Å². The Hall–Kier alpha value is -1.04. The minimum absolute atomic E-state index is 0.846. The highest BCUT2D eigenvalue weighted by Gasteiger charge is 2.11. The molecule has 1 aromatic carbocycles. The van der Waals surface area contributed by atoms with Crippen LogP contribution in [0.2, 0.25) is 0 Å². The monoisotopic (exact) mass is 270 g/mol. The van der Waals surface area contributed by atoms with Crippen LogP contribution in [0.4, 0.5) is 0 Å². The predicted molar refractivity (Wildman–Crippen MR) is 89.7 cm³/mol. The molecule has 0 radical (unpaired) electrons. The van der Waals surface area contributed by atoms with Crippen LogP contribution in [0.15, 0.2) is 35.9 Å². The van der Waals surface area contributed by atoms with Crippen LogP contribution in [0.1, 0.15) is 70.8 Å². The zero-order valence-electron chi connectivity index (χ0n) is 13.3. The Morgan fingerprint density at radius 2 is 1.55 bits per heavy atom. The Morgan fingerprint density at radius 1 is 0.850 bits per heavy atom. The Morgan fingerprint density at radius 3 is 2.30 bits per heavy atom. The molecule has 1 saturated carbocycles. The van der Waals surface area contributed by atoms with E-state index in [-0.39, 0.29) is 0 Å². The molecule has 0 heterocycles. The van der Waals surface area contributed by atoms with Crippen molar-refractivity contribution in [3.8, 4) is 0 Å². The maximum Gasteiger partial charge on any atom is -0.0257 e. The van der Waals surface area contributed by atoms with Gasteiger partial charge in [0.15, 0.2) is 0 Å². The number of hydrogen-bond donors (Lipinski definition) is 0. The molecule has 0 nitrogen and oxygen atoms in total. The third-order valence-corrected chi connectivity index (χ3v) is 4.63. The lowest BCUT2D eigenvalue weighted by Gasteiger charge is -2.15. The normalized spacial score (nSPS) is 28.0. The fourth-order valence-corrected chi connectivity index (χ4v) is 3.31. The van der Waals surface area contributed by atoms with E-state index in [1.54, 1.807) is 5.57 Å². The Bertz CT molecular complexity index is 401. The summed E-state index contributed by atoms with van der Waals surface area (Å²) in [5, 5.41) is 0. The molecule has 0 amide bonds. The first-order chi connectivity index (χ1) is 9.74. The molecule has 1 aliphatic rings. The van der Waals surface area contributed by atoms with Crippen LogP contribution in [-0.2, 0) is 0 Å². The quantitative estimate of drug-likeness (QED) is 0.548. The number of allylic oxidation sites excluding steroid dienone is 1. The van der Waals surface area contributed by atoms with Gasteiger partial charge >= 0.3 is 0 Å². The largest absolute Gasteiger partial charge is 0.0693 e. The second-order valence-electron chi connectivity index (χ2n) is 6.80. The van der Waals surface area contributed by atoms with Gasteiger partial charge in [0, 0.05) is 0 Å². The number of benzene rings is 1. The molecule has 0 aliphatic heterocycles. The van der Waals surface area contributed by atoms with Gasteiger partial charge in [-0.05, 0) is 36.7 Å². The molecule has 0 aromatic heterocycles. The summed E-state index contributed by atoms with van der Waals surface area (Å²) in [7, 11) is 0. The van der Waals surface area contributed by atoms with Gasteiger partial charge in [0.25, 0.3) is 0 Å². The van der Waals surface area contributed by atoms with Crippen molar-refractivity contribution in [1.82, 2.24) is 0 Å². The highest BCUT2D eigenvalue weighted by atomic mass is 14.2. The van der Waals surface area contributed by atoms with E-state index in [2.05, 4.69) is 50.3 Å². The van der Waals surface area contributed by atoms with Crippen LogP contribution in [0.3, 0.4) is 0 Å². The van der Waals surface area contributed by atoms with Gasteiger partial charge in [0.2, 0.25) is 0 Å². The van der Waals surface area contributed by atoms with Crippen molar-refractivity contribution >= 4 is 6.08 Å². The average molecular weight is 270 g/mol. The summed E-state index contributed by atoms with van der Waals surface area (Å²) in [4.78, 5) is 0. The molecular formula is C20H30. The second kappa shape index (κ2) is 8.29. The van der Waals surface area contributed by atoms with Crippen LogP contribution in [-0.4, -0.2) is 0 Å². The van der Waals surface area contributed by atoms with E-state index in [1.165, 1.54) is 56.9 Å². The SMILES string of the molecule is CC1CCCCCC(C)CC(=Cc2ccccc2)CC1. The van der Waals surface area contributed by atoms with E-state index >= 15 is 0 Å². The molecule has 1 aliphatic carbocycles. The first-order valence-electron chi connectivity index (χ1n) is 8.48. The van der Waals surface area contributed by atoms with Crippen LogP contribution < -0.4 is 0 Å². The lowest BCUT2D eigenvalue weighted by atomic mass is 9.91. The van der Waals surface area contributed by atoms with Crippen LogP contribution >= 0.6 is 0 Å². The van der Waals surface area contributed by atoms with Gasteiger partial charge in [0.05, 0.1) is 0 Å². The van der Waals surface area contributed by atoms with Gasteiger partial charge in [-0.25, -0.2) is 0 Å². The topological polar surface area (TPSA) is 0 Å². The summed E-state index contributed by atoms with van der Waals surface area (Å²) in [5.41, 5.74) is 3.04. The molecule has 2 unspecified atom stereocenters. The van der Waals surface area contributed by atoms with Crippen molar-refractivity contribution < 1.29 is 0 Å². The molecule has 0 saturated heterocycles. The summed E-state index contributed by atoms with van der Waals surface area (Å²) in [5.74, 6) is 1.74. The molecule has 0 bridgehead atoms. The fraction of sp³-hybridized carbons (Fsp3) is 0.600. The zero-order valence-corrected chi connectivity index (χ0v) is 13.3. The highest BCUT2D eigenvalue weighted by Crippen LogP contribution is 2.28. The minimum atomic E-state index is 0.846. The maximum absolute atomic E-state index is 2.45. The van der Waals surface area contributed by atoms with E-state index in [1.807, 2.05) is 0 Å². The highest BCUT2D eigenvalue weighted by molar-refractivity contribution is 5.52. The average Bonchev–Trinajstić information content (AvgIpc) is 2.48. The first-order valence-corrected chi connectivity index (χ1v) is 8.48. The van der Waals surface area contributed by atoms with Crippen LogP contribution in [0, 0.1) is 11.8 Å². The standard InChI is InChI=1S/C20H30/c1-17-9-5-3-6-10-18(2)15-20(14-13-17)16-19-11-7-4-8-12-19/h4,7-8,11-12,16-18H,3,5-6,9-10,13-15H2,1-2H3. The van der Waals surface area contributed by atoms with E-state index < -0.39 is 0 Å². The fourth-order valence-electron chi connectivity index (χ4n) is 3.31. The Balaban J connectivity index is 2.07. The van der Waals surface area contributed by atoms with Crippen molar-refractivity contribution in [1.29, 1.82) is 0 Å². The summed E-state index contributed by atoms with van der Waals surface area (Å²) >= 11 is 0. The third-order valence-electron chi connectivity index (χ3n) is 4.63. The van der Waals surface area contributed by atoms with Gasteiger partial charge < -0.3 is 0 Å². The van der Waals surface area contributed by atoms with Crippen molar-refractivity contribution in [2.24, 2.45) is 11.8 Å². The molecule has 0 N–H and O–H groups in total. The Kier molecular flexibility index (Phi) is 6.36. The van der Waals surface area contributed by atoms with E-state index in [0.717, 1.165) is 11.8 Å². The van der Waals surface area contributed by atoms with E-state index in [4.69, 9.17) is 0 Å². The third kappa shape index (κ3) is 5.53. The molecule has 2 atom stereocenters. The molecular weight excluding hydrogens is 240 g/mol. The van der Waals surface area contributed by atoms with Gasteiger partial charge in [-0.15, -0.1) is 0 Å². The smallest absolute Gasteiger partial charge is 0.0257 e. The number of rotatable bonds is 1. The van der Waals surface area contributed by atoms with Crippen molar-refractivity contribution in [3.63, 3.8) is 0 Å². The summed E-state index contributed by atoms with van der Waals surface area (Å²) < 4.78 is 0. The maximum atomic E-state index is 2.45. The molecule has 0 spiro atoms. The van der Waals surface area contributed by atoms with Crippen molar-refractivity contribution in [3.05, 3.63) is 41.5 Å². The molecule has 1 fully saturated rings. The lowest BCUT2D eigenvalue weighted by molar-refractivity contribution is 0.458. The molecule has 1 aromatic rings. The van der Waals surface area contributed by atoms with Crippen molar-refractivity contribution in [2.45, 2.75) is 65.2 Å². The minimum Gasteiger partial charge on any atom is -0.0693 e. The first kappa shape index (κ1) is 15.4. The van der Waals surface area contributed by atoms with E-state index in [9.17, 15) is 0 Å². The molecule has 2 rings (SSSR count). The summed E-state index contributed by atoms with van der Waals surface area (Å²) in [6.07, 6.45) is 13.5. The van der Waals surface area contributed by atoms with Crippen molar-refractivity contribution in [2.75, 3.05) is 0 Å². The lowest BCUT2D eigenvalue weighted by Crippen LogP contribution is -1.99. The molecule has 20 heavy (non-hydrogen) atoms. The predicted octanol–water partition coefficient (Wildman–Crippen LogP) is 6.48. The second-order valence-corrected chi connectivity index (χ2v) is 6.80. The van der Waals surface area contributed by atoms with Gasteiger partial charge in [-0.2, -0.15) is 0 Å². The number of hydrogen-bond acceptors (Lipinski definition) is 0. The Labute approximate surface area is 125 Å². The van der Waals surface area contributed by atoms with Crippen LogP contribution in [0.5, 0.6) is 0 Å². The van der Waals surface area contributed by atoms with Crippen LogP contribution in [0.25, 0.3) is 6.08 Å². The molecule has 0 heteroatoms. The van der Waals surface area contributed by atoms with Gasteiger partial charge in [-0.3, -0.25) is 0 Å². The van der Waals surface area contributed by atoms with Gasteiger partial charge in [-0.1, -0.05) is 87.9 Å². The zero-order chi connectivity index (χ0) is 14.2. The molecule has 110 valence electrons. The summed E-state index contributed by atoms with van der Waals surface area (Å²) in [6, 6.07) is 10.8. The van der Waals surface area contributed by atoms with Gasteiger partial charge in [0.1, 0.15) is 0 Å². The summed E-state index contributed by atoms with van der Waals surface area (Å²) in [6.45, 7) is 4.86.